The normalized spacial score (nSPS) is 15.7. The number of carbonyl (C=O) groups excluding carboxylic acids is 8. The third-order valence-corrected chi connectivity index (χ3v) is 11.8. The van der Waals surface area contributed by atoms with Crippen LogP contribution in [-0.2, 0) is 56.0 Å². The molecule has 8 amide bonds. The van der Waals surface area contributed by atoms with Crippen LogP contribution in [-0.4, -0.2) is 134 Å². The molecule has 0 spiro atoms. The average Bonchev–Trinajstić information content (AvgIpc) is 4.05. The molecule has 390 valence electrons. The van der Waals surface area contributed by atoms with E-state index in [1.54, 1.807) is 58.0 Å². The number of carboxylic acid groups (broad SMARTS) is 1. The van der Waals surface area contributed by atoms with E-state index >= 15 is 0 Å². The number of phenolic OH excluding ortho intramolecular Hbond substituents is 1. The van der Waals surface area contributed by atoms with E-state index < -0.39 is 107 Å². The van der Waals surface area contributed by atoms with E-state index in [-0.39, 0.29) is 69.7 Å². The summed E-state index contributed by atoms with van der Waals surface area (Å²) in [5.74, 6) is -8.59. The fourth-order valence-electron chi connectivity index (χ4n) is 7.94. The van der Waals surface area contributed by atoms with Gasteiger partial charge in [-0.15, -0.1) is 0 Å². The van der Waals surface area contributed by atoms with Gasteiger partial charge in [-0.2, -0.15) is 0 Å². The summed E-state index contributed by atoms with van der Waals surface area (Å²) in [5, 5.41) is 35.9. The lowest BCUT2D eigenvalue weighted by molar-refractivity contribution is -0.145. The fraction of sp³-hybridized carbons (Fsp3) is 0.479. The largest absolute Gasteiger partial charge is 0.508 e. The van der Waals surface area contributed by atoms with Crippen LogP contribution in [0.1, 0.15) is 89.1 Å². The zero-order valence-electron chi connectivity index (χ0n) is 40.8. The van der Waals surface area contributed by atoms with Gasteiger partial charge >= 0.3 is 5.97 Å². The Balaban J connectivity index is 1.57. The average molecular weight is 1000 g/mol. The molecule has 0 aliphatic carbocycles. The molecule has 2 aromatic carbocycles. The Kier molecular flexibility index (Phi) is 21.5. The molecule has 0 radical (unpaired) electrons. The molecule has 0 saturated carbocycles. The van der Waals surface area contributed by atoms with Gasteiger partial charge < -0.3 is 69.2 Å². The first-order valence-corrected chi connectivity index (χ1v) is 23.6. The highest BCUT2D eigenvalue weighted by Crippen LogP contribution is 2.22. The Labute approximate surface area is 416 Å². The molecule has 3 aromatic rings. The SMILES string of the molecule is CC(C)C(NC(=O)C(CCCN=C(N)N)NC(=O)CCC(N)=O)C(=O)NC(Cc1ccc(O)cc1)C(=O)NC(C(=O)NC(Cc1cnc[nH]1)C(=O)N1CCCC1C(=O)NC(C(=O)O)c1ccccc1)C(C)C. The zero-order chi connectivity index (χ0) is 53.1. The lowest BCUT2D eigenvalue weighted by Gasteiger charge is -2.31. The zero-order valence-corrected chi connectivity index (χ0v) is 40.8. The van der Waals surface area contributed by atoms with Gasteiger partial charge in [-0.25, -0.2) is 9.78 Å². The first-order valence-electron chi connectivity index (χ1n) is 23.6. The van der Waals surface area contributed by atoms with Crippen LogP contribution in [0.2, 0.25) is 0 Å². The summed E-state index contributed by atoms with van der Waals surface area (Å²) in [6.45, 7) is 6.84. The van der Waals surface area contributed by atoms with Crippen molar-refractivity contribution in [2.45, 2.75) is 121 Å². The number of amides is 8. The second kappa shape index (κ2) is 27.4. The number of carbonyl (C=O) groups is 9. The summed E-state index contributed by atoms with van der Waals surface area (Å²) < 4.78 is 0. The van der Waals surface area contributed by atoms with Gasteiger partial charge in [-0.05, 0) is 60.8 Å². The van der Waals surface area contributed by atoms with Gasteiger partial charge in [-0.1, -0.05) is 70.2 Å². The number of aromatic hydroxyl groups is 1. The minimum Gasteiger partial charge on any atom is -0.508 e. The molecule has 2 heterocycles. The maximum atomic E-state index is 14.5. The second-order valence-corrected chi connectivity index (χ2v) is 18.1. The number of benzene rings is 2. The summed E-state index contributed by atoms with van der Waals surface area (Å²) in [6, 6.07) is 4.98. The maximum Gasteiger partial charge on any atom is 0.330 e. The number of nitrogens with one attached hydrogen (secondary N) is 7. The lowest BCUT2D eigenvalue weighted by atomic mass is 9.98. The molecule has 1 aliphatic heterocycles. The highest BCUT2D eigenvalue weighted by molar-refractivity contribution is 5.98. The van der Waals surface area contributed by atoms with Crippen LogP contribution in [0.15, 0.2) is 72.1 Å². The second-order valence-electron chi connectivity index (χ2n) is 18.1. The number of carboxylic acids is 1. The van der Waals surface area contributed by atoms with E-state index in [9.17, 15) is 53.4 Å². The van der Waals surface area contributed by atoms with Crippen LogP contribution in [0.25, 0.3) is 0 Å². The van der Waals surface area contributed by atoms with Gasteiger partial charge in [0.2, 0.25) is 47.3 Å². The van der Waals surface area contributed by atoms with Gasteiger partial charge in [0.15, 0.2) is 12.0 Å². The molecule has 4 rings (SSSR count). The summed E-state index contributed by atoms with van der Waals surface area (Å²) in [4.78, 5) is 133. The molecule has 72 heavy (non-hydrogen) atoms. The summed E-state index contributed by atoms with van der Waals surface area (Å²) >= 11 is 0. The van der Waals surface area contributed by atoms with E-state index in [0.29, 0.717) is 23.2 Å². The van der Waals surface area contributed by atoms with Crippen LogP contribution in [0, 0.1) is 11.8 Å². The van der Waals surface area contributed by atoms with E-state index in [0.717, 1.165) is 0 Å². The summed E-state index contributed by atoms with van der Waals surface area (Å²) in [6.07, 6.45) is 2.92. The van der Waals surface area contributed by atoms with Gasteiger partial charge in [0.25, 0.3) is 0 Å². The number of imidazole rings is 1. The molecule has 15 N–H and O–H groups in total. The molecule has 7 atom stereocenters. The Bertz CT molecular complexity index is 2380. The number of aliphatic imine (C=N–C) groups is 1. The first-order chi connectivity index (χ1) is 34.1. The molecule has 24 heteroatoms. The Hall–Kier alpha value is -8.05. The minimum atomic E-state index is -1.39. The number of aromatic amines is 1. The predicted octanol–water partition coefficient (Wildman–Crippen LogP) is -1.11. The highest BCUT2D eigenvalue weighted by Gasteiger charge is 2.41. The third-order valence-electron chi connectivity index (χ3n) is 11.8. The van der Waals surface area contributed by atoms with Gasteiger partial charge in [0.1, 0.15) is 42.0 Å². The van der Waals surface area contributed by atoms with Crippen LogP contribution < -0.4 is 49.1 Å². The number of nitrogens with two attached hydrogens (primary N) is 3. The van der Waals surface area contributed by atoms with Crippen molar-refractivity contribution >= 4 is 59.2 Å². The molecule has 0 bridgehead atoms. The minimum absolute atomic E-state index is 0.0339. The van der Waals surface area contributed by atoms with Gasteiger partial charge in [0, 0.05) is 50.7 Å². The molecule has 1 fully saturated rings. The Morgan fingerprint density at radius 2 is 1.36 bits per heavy atom. The van der Waals surface area contributed by atoms with E-state index in [4.69, 9.17) is 17.2 Å². The number of likely N-dealkylation sites (tertiary alicyclic amines) is 1. The van der Waals surface area contributed by atoms with Gasteiger partial charge in [-0.3, -0.25) is 43.3 Å². The smallest absolute Gasteiger partial charge is 0.330 e. The first kappa shape index (κ1) is 56.5. The molecule has 1 aliphatic rings. The lowest BCUT2D eigenvalue weighted by Crippen LogP contribution is -2.61. The summed E-state index contributed by atoms with van der Waals surface area (Å²) in [5.41, 5.74) is 17.3. The van der Waals surface area contributed by atoms with Crippen LogP contribution in [0.5, 0.6) is 5.75 Å². The number of guanidine groups is 1. The van der Waals surface area contributed by atoms with Crippen molar-refractivity contribution in [3.05, 3.63) is 83.9 Å². The molecule has 1 saturated heterocycles. The van der Waals surface area contributed by atoms with Crippen LogP contribution in [0.3, 0.4) is 0 Å². The van der Waals surface area contributed by atoms with Crippen molar-refractivity contribution in [2.24, 2.45) is 34.0 Å². The molecule has 24 nitrogen and oxygen atoms in total. The predicted molar refractivity (Wildman–Crippen MR) is 261 cm³/mol. The summed E-state index contributed by atoms with van der Waals surface area (Å²) in [7, 11) is 0. The number of phenols is 1. The van der Waals surface area contributed by atoms with E-state index in [1.807, 2.05) is 0 Å². The van der Waals surface area contributed by atoms with Crippen molar-refractivity contribution in [3.8, 4) is 5.75 Å². The van der Waals surface area contributed by atoms with E-state index in [1.165, 1.54) is 41.7 Å². The number of hydrogen-bond donors (Lipinski definition) is 12. The Morgan fingerprint density at radius 1 is 0.750 bits per heavy atom. The molecule has 1 aromatic heterocycles. The van der Waals surface area contributed by atoms with Crippen molar-refractivity contribution in [2.75, 3.05) is 13.1 Å². The number of aromatic nitrogens is 2. The number of aliphatic carboxylic acids is 1. The Morgan fingerprint density at radius 3 is 1.92 bits per heavy atom. The quantitative estimate of drug-likeness (QED) is 0.0245. The standard InChI is InChI=1S/C48H67N13O11/c1-26(2)38(58-41(65)32(12-8-20-53-48(50)51)55-37(64)19-18-36(49)63)44(68)56-33(22-28-14-16-31(62)17-15-28)42(66)59-39(27(3)4)45(69)57-34(23-30-24-52-25-54-30)46(70)61-21-9-13-35(61)43(67)60-40(47(71)72)29-10-6-5-7-11-29/h5-7,10-11,14-17,24-27,32-35,38-40,62H,8-9,12-13,18-23H2,1-4H3,(H2,49,63)(H,52,54)(H,55,64)(H,56,68)(H,57,69)(H,58,65)(H,59,66)(H,60,67)(H,71,72)(H4,50,51,53). The van der Waals surface area contributed by atoms with Crippen LogP contribution in [0.4, 0.5) is 0 Å². The van der Waals surface area contributed by atoms with Crippen molar-refractivity contribution in [1.29, 1.82) is 0 Å². The van der Waals surface area contributed by atoms with E-state index in [2.05, 4.69) is 46.9 Å². The van der Waals surface area contributed by atoms with Crippen LogP contribution >= 0.6 is 0 Å². The molecular formula is C48H67N13O11. The van der Waals surface area contributed by atoms with Crippen molar-refractivity contribution in [1.82, 2.24) is 46.8 Å². The topological polar surface area (TPSA) is 389 Å². The number of nitrogens with zero attached hydrogens (tertiary/aromatic N) is 3. The van der Waals surface area contributed by atoms with Crippen molar-refractivity contribution < 1.29 is 53.4 Å². The molecular weight excluding hydrogens is 935 g/mol. The number of hydrogen-bond acceptors (Lipinski definition) is 12. The third kappa shape index (κ3) is 17.4. The van der Waals surface area contributed by atoms with Crippen molar-refractivity contribution in [3.63, 3.8) is 0 Å². The van der Waals surface area contributed by atoms with Gasteiger partial charge in [0.05, 0.1) is 6.33 Å². The number of primary amides is 1. The fourth-order valence-corrected chi connectivity index (χ4v) is 7.94. The maximum absolute atomic E-state index is 14.5. The number of H-pyrrole nitrogens is 1. The monoisotopic (exact) mass is 1000 g/mol. The number of rotatable bonds is 27. The highest BCUT2D eigenvalue weighted by atomic mass is 16.4. The molecule has 7 unspecified atom stereocenters.